The Hall–Kier alpha value is -3.59. The zero-order chi connectivity index (χ0) is 23.4. The first-order chi connectivity index (χ1) is 16.0. The van der Waals surface area contributed by atoms with Crippen LogP contribution in [0.1, 0.15) is 23.3 Å². The van der Waals surface area contributed by atoms with Crippen LogP contribution < -0.4 is 14.8 Å². The first-order valence-corrected chi connectivity index (χ1v) is 10.9. The minimum atomic E-state index is -0.229. The molecular formula is C23H24ClN5O4. The molecule has 3 heterocycles. The van der Waals surface area contributed by atoms with Crippen molar-refractivity contribution in [2.24, 2.45) is 5.92 Å². The number of aromatic amines is 1. The van der Waals surface area contributed by atoms with Crippen LogP contribution in [-0.4, -0.2) is 59.2 Å². The molecule has 0 saturated carbocycles. The molecule has 1 aromatic carbocycles. The molecule has 0 spiro atoms. The van der Waals surface area contributed by atoms with Crippen molar-refractivity contribution in [1.82, 2.24) is 20.1 Å². The Morgan fingerprint density at radius 3 is 2.58 bits per heavy atom. The number of nitrogens with one attached hydrogen (secondary N) is 2. The van der Waals surface area contributed by atoms with Gasteiger partial charge >= 0.3 is 0 Å². The summed E-state index contributed by atoms with van der Waals surface area (Å²) in [6.45, 7) is 0.942. The quantitative estimate of drug-likeness (QED) is 0.570. The number of likely N-dealkylation sites (tertiary alicyclic amines) is 1. The van der Waals surface area contributed by atoms with Crippen LogP contribution in [0.4, 0.5) is 5.69 Å². The van der Waals surface area contributed by atoms with Gasteiger partial charge in [-0.1, -0.05) is 11.6 Å². The molecule has 9 nitrogen and oxygen atoms in total. The summed E-state index contributed by atoms with van der Waals surface area (Å²) in [5, 5.41) is 10.3. The van der Waals surface area contributed by atoms with Crippen molar-refractivity contribution in [2.75, 3.05) is 32.6 Å². The molecule has 2 aromatic heterocycles. The van der Waals surface area contributed by atoms with E-state index in [1.807, 2.05) is 12.1 Å². The number of rotatable bonds is 6. The van der Waals surface area contributed by atoms with Gasteiger partial charge in [0.2, 0.25) is 5.91 Å². The highest BCUT2D eigenvalue weighted by Crippen LogP contribution is 2.36. The molecule has 4 rings (SSSR count). The van der Waals surface area contributed by atoms with Crippen molar-refractivity contribution in [2.45, 2.75) is 12.8 Å². The van der Waals surface area contributed by atoms with Crippen molar-refractivity contribution >= 4 is 29.1 Å². The van der Waals surface area contributed by atoms with E-state index in [1.54, 1.807) is 35.5 Å². The van der Waals surface area contributed by atoms with Crippen LogP contribution >= 0.6 is 11.6 Å². The molecule has 2 amide bonds. The summed E-state index contributed by atoms with van der Waals surface area (Å²) in [4.78, 5) is 31.5. The number of hydrogen-bond acceptors (Lipinski definition) is 6. The van der Waals surface area contributed by atoms with Crippen LogP contribution in [0.15, 0.2) is 42.7 Å². The van der Waals surface area contributed by atoms with Gasteiger partial charge in [0, 0.05) is 43.0 Å². The van der Waals surface area contributed by atoms with Gasteiger partial charge in [0.05, 0.1) is 30.6 Å². The van der Waals surface area contributed by atoms with Crippen LogP contribution in [0, 0.1) is 5.92 Å². The average molecular weight is 470 g/mol. The van der Waals surface area contributed by atoms with Crippen LogP contribution in [-0.2, 0) is 4.79 Å². The molecule has 3 aromatic rings. The lowest BCUT2D eigenvalue weighted by Gasteiger charge is -2.31. The zero-order valence-electron chi connectivity index (χ0n) is 18.3. The highest BCUT2D eigenvalue weighted by Gasteiger charge is 2.29. The molecule has 0 bridgehead atoms. The second kappa shape index (κ2) is 9.91. The maximum absolute atomic E-state index is 12.9. The molecule has 0 aliphatic carbocycles. The Bertz CT molecular complexity index is 1140. The fraction of sp³-hybridized carbons (Fsp3) is 0.304. The van der Waals surface area contributed by atoms with Gasteiger partial charge < -0.3 is 19.7 Å². The van der Waals surface area contributed by atoms with E-state index in [1.165, 1.54) is 14.2 Å². The molecule has 1 aliphatic heterocycles. The number of piperidine rings is 1. The highest BCUT2D eigenvalue weighted by atomic mass is 35.5. The fourth-order valence-corrected chi connectivity index (χ4v) is 4.04. The molecule has 2 N–H and O–H groups in total. The normalized spacial score (nSPS) is 14.1. The third-order valence-corrected chi connectivity index (χ3v) is 5.95. The molecule has 172 valence electrons. The number of benzene rings is 1. The topological polar surface area (TPSA) is 109 Å². The lowest BCUT2D eigenvalue weighted by molar-refractivity contribution is -0.121. The van der Waals surface area contributed by atoms with Gasteiger partial charge in [-0.2, -0.15) is 5.10 Å². The van der Waals surface area contributed by atoms with Gasteiger partial charge in [0.15, 0.2) is 0 Å². The third kappa shape index (κ3) is 4.93. The maximum Gasteiger partial charge on any atom is 0.271 e. The SMILES string of the molecule is COc1cc(OC)c(NC(=O)C2CCN(C(=O)c3cc(-c4cccnc4)n[nH]3)CC2)cc1Cl. The Kier molecular flexibility index (Phi) is 6.79. The van der Waals surface area contributed by atoms with Gasteiger partial charge in [0.1, 0.15) is 17.2 Å². The number of halogens is 1. The minimum absolute atomic E-state index is 0.137. The van der Waals surface area contributed by atoms with E-state index in [9.17, 15) is 9.59 Å². The van der Waals surface area contributed by atoms with Crippen molar-refractivity contribution in [3.8, 4) is 22.8 Å². The predicted molar refractivity (Wildman–Crippen MR) is 124 cm³/mol. The highest BCUT2D eigenvalue weighted by molar-refractivity contribution is 6.32. The largest absolute Gasteiger partial charge is 0.495 e. The molecular weight excluding hydrogens is 446 g/mol. The van der Waals surface area contributed by atoms with Gasteiger partial charge in [-0.15, -0.1) is 0 Å². The smallest absolute Gasteiger partial charge is 0.271 e. The van der Waals surface area contributed by atoms with E-state index in [-0.39, 0.29) is 17.7 Å². The predicted octanol–water partition coefficient (Wildman–Crippen LogP) is 3.63. The molecule has 0 unspecified atom stereocenters. The van der Waals surface area contributed by atoms with E-state index in [4.69, 9.17) is 21.1 Å². The molecule has 1 saturated heterocycles. The molecule has 10 heteroatoms. The lowest BCUT2D eigenvalue weighted by Crippen LogP contribution is -2.41. The standard InChI is InChI=1S/C23H24ClN5O4/c1-32-20-12-21(33-2)18(10-16(20)24)26-22(30)14-5-8-29(9-6-14)23(31)19-11-17(27-28-19)15-4-3-7-25-13-15/h3-4,7,10-14H,5-6,8-9H2,1-2H3,(H,26,30)(H,27,28). The van der Waals surface area contributed by atoms with Crippen LogP contribution in [0.5, 0.6) is 11.5 Å². The number of H-pyrrole nitrogens is 1. The Morgan fingerprint density at radius 2 is 1.91 bits per heavy atom. The van der Waals surface area contributed by atoms with Crippen LogP contribution in [0.2, 0.25) is 5.02 Å². The molecule has 1 fully saturated rings. The van der Waals surface area contributed by atoms with Crippen LogP contribution in [0.25, 0.3) is 11.3 Å². The molecule has 0 radical (unpaired) electrons. The van der Waals surface area contributed by atoms with E-state index in [0.29, 0.717) is 59.5 Å². The lowest BCUT2D eigenvalue weighted by atomic mass is 9.95. The first-order valence-electron chi connectivity index (χ1n) is 10.5. The van der Waals surface area contributed by atoms with Crippen molar-refractivity contribution in [3.63, 3.8) is 0 Å². The number of anilines is 1. The van der Waals surface area contributed by atoms with Crippen molar-refractivity contribution in [3.05, 3.63) is 53.4 Å². The number of amides is 2. The Morgan fingerprint density at radius 1 is 1.15 bits per heavy atom. The summed E-state index contributed by atoms with van der Waals surface area (Å²) >= 11 is 6.19. The summed E-state index contributed by atoms with van der Waals surface area (Å²) in [6.07, 6.45) is 4.47. The van der Waals surface area contributed by atoms with Gasteiger partial charge in [-0.25, -0.2) is 0 Å². The van der Waals surface area contributed by atoms with E-state index >= 15 is 0 Å². The summed E-state index contributed by atoms with van der Waals surface area (Å²) in [6, 6.07) is 8.65. The monoisotopic (exact) mass is 469 g/mol. The van der Waals surface area contributed by atoms with Crippen LogP contribution in [0.3, 0.4) is 0 Å². The summed E-state index contributed by atoms with van der Waals surface area (Å²) in [5.74, 6) is 0.416. The number of methoxy groups -OCH3 is 2. The van der Waals surface area contributed by atoms with Gasteiger partial charge in [-0.3, -0.25) is 19.7 Å². The Balaban J connectivity index is 1.36. The number of ether oxygens (including phenoxy) is 2. The minimum Gasteiger partial charge on any atom is -0.495 e. The number of nitrogens with zero attached hydrogens (tertiary/aromatic N) is 3. The second-order valence-corrected chi connectivity index (χ2v) is 8.06. The Labute approximate surface area is 196 Å². The zero-order valence-corrected chi connectivity index (χ0v) is 19.1. The number of aromatic nitrogens is 3. The molecule has 33 heavy (non-hydrogen) atoms. The van der Waals surface area contributed by atoms with Gasteiger partial charge in [-0.05, 0) is 37.1 Å². The number of pyridine rings is 1. The van der Waals surface area contributed by atoms with E-state index in [2.05, 4.69) is 20.5 Å². The maximum atomic E-state index is 12.9. The number of carbonyl (C=O) groups excluding carboxylic acids is 2. The summed E-state index contributed by atoms with van der Waals surface area (Å²) in [5.41, 5.74) is 2.38. The number of hydrogen-bond donors (Lipinski definition) is 2. The summed E-state index contributed by atoms with van der Waals surface area (Å²) in [7, 11) is 3.02. The second-order valence-electron chi connectivity index (χ2n) is 7.65. The van der Waals surface area contributed by atoms with Crippen molar-refractivity contribution < 1.29 is 19.1 Å². The van der Waals surface area contributed by atoms with E-state index < -0.39 is 0 Å². The molecule has 1 aliphatic rings. The third-order valence-electron chi connectivity index (χ3n) is 5.65. The number of carbonyl (C=O) groups is 2. The van der Waals surface area contributed by atoms with Gasteiger partial charge in [0.25, 0.3) is 5.91 Å². The average Bonchev–Trinajstić information content (AvgIpc) is 3.35. The summed E-state index contributed by atoms with van der Waals surface area (Å²) < 4.78 is 10.5. The first kappa shape index (κ1) is 22.6. The van der Waals surface area contributed by atoms with Crippen molar-refractivity contribution in [1.29, 1.82) is 0 Å². The van der Waals surface area contributed by atoms with E-state index in [0.717, 1.165) is 5.56 Å². The fourth-order valence-electron chi connectivity index (χ4n) is 3.80. The molecule has 0 atom stereocenters.